The lowest BCUT2D eigenvalue weighted by Crippen LogP contribution is -2.27. The van der Waals surface area contributed by atoms with Gasteiger partial charge in [0, 0.05) is 18.1 Å². The van der Waals surface area contributed by atoms with E-state index in [0.29, 0.717) is 29.1 Å². The summed E-state index contributed by atoms with van der Waals surface area (Å²) in [6.45, 7) is 4.06. The third-order valence-corrected chi connectivity index (χ3v) is 4.85. The summed E-state index contributed by atoms with van der Waals surface area (Å²) in [5.41, 5.74) is 2.27. The highest BCUT2D eigenvalue weighted by atomic mass is 32.1. The number of furan rings is 1. The van der Waals surface area contributed by atoms with E-state index in [1.807, 2.05) is 12.3 Å². The second-order valence-corrected chi connectivity index (χ2v) is 6.88. The molecule has 0 fully saturated rings. The van der Waals surface area contributed by atoms with Crippen LogP contribution in [-0.4, -0.2) is 28.7 Å². The number of anilines is 1. The van der Waals surface area contributed by atoms with Crippen LogP contribution in [0.4, 0.5) is 5.69 Å². The zero-order valence-electron chi connectivity index (χ0n) is 14.8. The van der Waals surface area contributed by atoms with E-state index in [1.165, 1.54) is 17.6 Å². The number of carbonyl (C=O) groups is 2. The number of rotatable bonds is 5. The molecule has 2 aromatic heterocycles. The third kappa shape index (κ3) is 3.83. The summed E-state index contributed by atoms with van der Waals surface area (Å²) >= 11 is 1.52. The molecule has 0 aliphatic heterocycles. The zero-order valence-corrected chi connectivity index (χ0v) is 15.6. The molecule has 2 amide bonds. The summed E-state index contributed by atoms with van der Waals surface area (Å²) in [5.74, 6) is 0.0370. The maximum Gasteiger partial charge on any atom is 0.259 e. The van der Waals surface area contributed by atoms with Crippen molar-refractivity contribution < 1.29 is 14.0 Å². The van der Waals surface area contributed by atoms with E-state index in [-0.39, 0.29) is 11.8 Å². The molecule has 0 bridgehead atoms. The first-order chi connectivity index (χ1) is 12.5. The summed E-state index contributed by atoms with van der Waals surface area (Å²) < 4.78 is 5.17. The number of nitrogens with one attached hydrogen (secondary N) is 1. The highest BCUT2D eigenvalue weighted by molar-refractivity contribution is 7.09. The summed E-state index contributed by atoms with van der Waals surface area (Å²) in [4.78, 5) is 31.2. The number of amides is 2. The van der Waals surface area contributed by atoms with Crippen LogP contribution >= 0.6 is 11.3 Å². The molecule has 1 N–H and O–H groups in total. The van der Waals surface area contributed by atoms with E-state index in [2.05, 4.69) is 10.3 Å². The van der Waals surface area contributed by atoms with Crippen molar-refractivity contribution in [2.45, 2.75) is 20.4 Å². The average molecular weight is 369 g/mol. The van der Waals surface area contributed by atoms with Gasteiger partial charge >= 0.3 is 0 Å². The van der Waals surface area contributed by atoms with Crippen molar-refractivity contribution >= 4 is 28.8 Å². The number of hydrogen-bond donors (Lipinski definition) is 1. The number of para-hydroxylation sites is 1. The third-order valence-electron chi connectivity index (χ3n) is 3.89. The highest BCUT2D eigenvalue weighted by Gasteiger charge is 2.19. The molecule has 0 radical (unpaired) electrons. The number of carbonyl (C=O) groups excluding carboxylic acids is 2. The number of aromatic nitrogens is 1. The van der Waals surface area contributed by atoms with E-state index in [0.717, 1.165) is 10.7 Å². The van der Waals surface area contributed by atoms with Gasteiger partial charge in [0.25, 0.3) is 11.8 Å². The minimum Gasteiger partial charge on any atom is -0.469 e. The van der Waals surface area contributed by atoms with Crippen LogP contribution in [0.1, 0.15) is 37.2 Å². The van der Waals surface area contributed by atoms with Gasteiger partial charge in [-0.1, -0.05) is 12.1 Å². The Kier molecular flexibility index (Phi) is 5.18. The first-order valence-corrected chi connectivity index (χ1v) is 8.94. The Balaban J connectivity index is 1.78. The number of aryl methyl sites for hydroxylation is 2. The number of nitrogens with zero attached hydrogens (tertiary/aromatic N) is 2. The first kappa shape index (κ1) is 17.9. The lowest BCUT2D eigenvalue weighted by atomic mass is 10.1. The molecule has 0 atom stereocenters. The molecule has 6 nitrogen and oxygen atoms in total. The Hall–Kier alpha value is -2.93. The maximum atomic E-state index is 12.8. The number of hydrogen-bond acceptors (Lipinski definition) is 5. The fourth-order valence-electron chi connectivity index (χ4n) is 2.54. The van der Waals surface area contributed by atoms with Gasteiger partial charge < -0.3 is 14.6 Å². The lowest BCUT2D eigenvalue weighted by Gasteiger charge is -2.18. The van der Waals surface area contributed by atoms with Gasteiger partial charge in [-0.3, -0.25) is 9.59 Å². The van der Waals surface area contributed by atoms with Crippen molar-refractivity contribution in [3.63, 3.8) is 0 Å². The van der Waals surface area contributed by atoms with E-state index in [4.69, 9.17) is 4.42 Å². The van der Waals surface area contributed by atoms with Gasteiger partial charge in [0.05, 0.1) is 29.6 Å². The van der Waals surface area contributed by atoms with E-state index in [1.54, 1.807) is 49.2 Å². The highest BCUT2D eigenvalue weighted by Crippen LogP contribution is 2.20. The smallest absolute Gasteiger partial charge is 0.259 e. The van der Waals surface area contributed by atoms with Crippen molar-refractivity contribution in [1.82, 2.24) is 9.88 Å². The Morgan fingerprint density at radius 1 is 1.19 bits per heavy atom. The monoisotopic (exact) mass is 369 g/mol. The van der Waals surface area contributed by atoms with Crippen LogP contribution in [-0.2, 0) is 6.54 Å². The Bertz CT molecular complexity index is 945. The van der Waals surface area contributed by atoms with Crippen molar-refractivity contribution in [3.8, 4) is 0 Å². The van der Waals surface area contributed by atoms with Gasteiger partial charge in [-0.2, -0.15) is 0 Å². The standard InChI is InChI=1S/C19H19N3O3S/c1-12-11-26-17(20-12)10-22(3)19(24)15-6-4-5-7-16(15)21-18(23)14-8-9-25-13(14)2/h4-9,11H,10H2,1-3H3,(H,21,23). The molecule has 2 heterocycles. The molecular weight excluding hydrogens is 350 g/mol. The predicted octanol–water partition coefficient (Wildman–Crippen LogP) is 3.88. The molecule has 3 rings (SSSR count). The van der Waals surface area contributed by atoms with Crippen molar-refractivity contribution in [1.29, 1.82) is 0 Å². The second-order valence-electron chi connectivity index (χ2n) is 5.93. The summed E-state index contributed by atoms with van der Waals surface area (Å²) in [5, 5.41) is 5.62. The molecule has 1 aromatic carbocycles. The lowest BCUT2D eigenvalue weighted by molar-refractivity contribution is 0.0786. The summed E-state index contributed by atoms with van der Waals surface area (Å²) in [6, 6.07) is 8.56. The largest absolute Gasteiger partial charge is 0.469 e. The van der Waals surface area contributed by atoms with Crippen LogP contribution in [0.2, 0.25) is 0 Å². The number of benzene rings is 1. The zero-order chi connectivity index (χ0) is 18.7. The summed E-state index contributed by atoms with van der Waals surface area (Å²) in [7, 11) is 1.72. The van der Waals surface area contributed by atoms with Crippen LogP contribution in [0.25, 0.3) is 0 Å². The van der Waals surface area contributed by atoms with Crippen LogP contribution in [0.3, 0.4) is 0 Å². The molecule has 0 aliphatic carbocycles. The van der Waals surface area contributed by atoms with Crippen LogP contribution < -0.4 is 5.32 Å². The minimum atomic E-state index is -0.310. The molecule has 0 aliphatic rings. The van der Waals surface area contributed by atoms with Gasteiger partial charge in [0.1, 0.15) is 10.8 Å². The van der Waals surface area contributed by atoms with Crippen LogP contribution in [0.15, 0.2) is 46.4 Å². The molecular formula is C19H19N3O3S. The Morgan fingerprint density at radius 3 is 2.62 bits per heavy atom. The SMILES string of the molecule is Cc1csc(CN(C)C(=O)c2ccccc2NC(=O)c2ccoc2C)n1. The average Bonchev–Trinajstić information content (AvgIpc) is 3.22. The van der Waals surface area contributed by atoms with Gasteiger partial charge in [-0.15, -0.1) is 11.3 Å². The van der Waals surface area contributed by atoms with E-state index in [9.17, 15) is 9.59 Å². The van der Waals surface area contributed by atoms with E-state index < -0.39 is 0 Å². The van der Waals surface area contributed by atoms with Crippen molar-refractivity contribution in [3.05, 3.63) is 69.6 Å². The Morgan fingerprint density at radius 2 is 1.96 bits per heavy atom. The normalized spacial score (nSPS) is 10.6. The first-order valence-electron chi connectivity index (χ1n) is 8.06. The second kappa shape index (κ2) is 7.53. The molecule has 0 unspecified atom stereocenters. The van der Waals surface area contributed by atoms with Gasteiger partial charge in [-0.25, -0.2) is 4.98 Å². The molecule has 0 saturated heterocycles. The number of thiazole rings is 1. The molecule has 26 heavy (non-hydrogen) atoms. The topological polar surface area (TPSA) is 75.4 Å². The maximum absolute atomic E-state index is 12.8. The fraction of sp³-hybridized carbons (Fsp3) is 0.211. The van der Waals surface area contributed by atoms with Crippen LogP contribution in [0.5, 0.6) is 0 Å². The quantitative estimate of drug-likeness (QED) is 0.741. The minimum absolute atomic E-state index is 0.183. The van der Waals surface area contributed by atoms with Gasteiger partial charge in [0.15, 0.2) is 0 Å². The molecule has 0 saturated carbocycles. The van der Waals surface area contributed by atoms with Crippen molar-refractivity contribution in [2.24, 2.45) is 0 Å². The van der Waals surface area contributed by atoms with E-state index >= 15 is 0 Å². The molecule has 7 heteroatoms. The molecule has 3 aromatic rings. The van der Waals surface area contributed by atoms with Crippen LogP contribution in [0, 0.1) is 13.8 Å². The predicted molar refractivity (Wildman–Crippen MR) is 100 cm³/mol. The van der Waals surface area contributed by atoms with Gasteiger partial charge in [-0.05, 0) is 32.0 Å². The van der Waals surface area contributed by atoms with Crippen molar-refractivity contribution in [2.75, 3.05) is 12.4 Å². The van der Waals surface area contributed by atoms with Gasteiger partial charge in [0.2, 0.25) is 0 Å². The fourth-order valence-corrected chi connectivity index (χ4v) is 3.37. The Labute approximate surface area is 155 Å². The molecule has 0 spiro atoms. The molecule has 134 valence electrons. The summed E-state index contributed by atoms with van der Waals surface area (Å²) in [6.07, 6.45) is 1.46.